The van der Waals surface area contributed by atoms with Gasteiger partial charge in [-0.25, -0.2) is 17.2 Å². The SMILES string of the molecule is O=S(=O)(NCC#CCOc1ccc(F)cc1F)c1ccc2c(c1)CCCC2. The second-order valence-corrected chi connectivity index (χ2v) is 7.95. The Bertz CT molecular complexity index is 994. The van der Waals surface area contributed by atoms with E-state index in [0.29, 0.717) is 0 Å². The molecule has 2 aromatic rings. The van der Waals surface area contributed by atoms with Gasteiger partial charge in [0.2, 0.25) is 10.0 Å². The average molecular weight is 391 g/mol. The largest absolute Gasteiger partial charge is 0.478 e. The summed E-state index contributed by atoms with van der Waals surface area (Å²) < 4.78 is 58.4. The van der Waals surface area contributed by atoms with Crippen LogP contribution in [-0.2, 0) is 22.9 Å². The summed E-state index contributed by atoms with van der Waals surface area (Å²) in [6, 6.07) is 8.18. The van der Waals surface area contributed by atoms with Crippen LogP contribution in [0.5, 0.6) is 5.75 Å². The van der Waals surface area contributed by atoms with E-state index in [2.05, 4.69) is 16.6 Å². The molecular weight excluding hydrogens is 372 g/mol. The van der Waals surface area contributed by atoms with Crippen LogP contribution in [-0.4, -0.2) is 21.6 Å². The molecule has 3 rings (SSSR count). The first-order valence-electron chi connectivity index (χ1n) is 8.61. The molecule has 0 bridgehead atoms. The summed E-state index contributed by atoms with van der Waals surface area (Å²) in [5, 5.41) is 0. The molecule has 0 unspecified atom stereocenters. The van der Waals surface area contributed by atoms with Gasteiger partial charge < -0.3 is 4.74 Å². The van der Waals surface area contributed by atoms with Crippen molar-refractivity contribution in [2.45, 2.75) is 30.6 Å². The van der Waals surface area contributed by atoms with Gasteiger partial charge in [-0.2, -0.15) is 4.72 Å². The Balaban J connectivity index is 1.53. The Kier molecular flexibility index (Phi) is 6.09. The molecule has 0 saturated heterocycles. The summed E-state index contributed by atoms with van der Waals surface area (Å²) >= 11 is 0. The first-order chi connectivity index (χ1) is 13.0. The number of rotatable bonds is 5. The smallest absolute Gasteiger partial charge is 0.241 e. The maximum absolute atomic E-state index is 13.4. The van der Waals surface area contributed by atoms with E-state index in [1.165, 1.54) is 11.6 Å². The zero-order valence-electron chi connectivity index (χ0n) is 14.6. The standard InChI is InChI=1S/C20H19F2NO3S/c21-17-8-10-20(19(22)14-17)26-12-4-3-11-23-27(24,25)18-9-7-15-5-1-2-6-16(15)13-18/h7-10,13-14,23H,1-2,5-6,11-12H2. The maximum Gasteiger partial charge on any atom is 0.241 e. The molecule has 1 aliphatic rings. The second-order valence-electron chi connectivity index (χ2n) is 6.18. The number of ether oxygens (including phenoxy) is 1. The number of nitrogens with one attached hydrogen (secondary N) is 1. The van der Waals surface area contributed by atoms with Gasteiger partial charge in [0.1, 0.15) is 12.4 Å². The highest BCUT2D eigenvalue weighted by molar-refractivity contribution is 7.89. The van der Waals surface area contributed by atoms with Crippen molar-refractivity contribution in [1.29, 1.82) is 0 Å². The maximum atomic E-state index is 13.4. The Morgan fingerprint density at radius 3 is 2.56 bits per heavy atom. The normalized spacial score (nSPS) is 13.4. The number of fused-ring (bicyclic) bond motifs is 1. The molecule has 142 valence electrons. The molecule has 0 heterocycles. The average Bonchev–Trinajstić information content (AvgIpc) is 2.65. The van der Waals surface area contributed by atoms with Gasteiger partial charge in [-0.05, 0) is 61.1 Å². The molecule has 0 aliphatic heterocycles. The molecule has 1 N–H and O–H groups in total. The zero-order chi connectivity index (χ0) is 19.3. The fraction of sp³-hybridized carbons (Fsp3) is 0.300. The topological polar surface area (TPSA) is 55.4 Å². The lowest BCUT2D eigenvalue weighted by atomic mass is 9.92. The number of halogens is 2. The molecule has 2 aromatic carbocycles. The van der Waals surface area contributed by atoms with Gasteiger partial charge in [-0.1, -0.05) is 17.9 Å². The lowest BCUT2D eigenvalue weighted by Gasteiger charge is -2.16. The van der Waals surface area contributed by atoms with E-state index in [0.717, 1.165) is 43.4 Å². The molecule has 0 spiro atoms. The summed E-state index contributed by atoms with van der Waals surface area (Å²) in [5.74, 6) is 3.59. The fourth-order valence-corrected chi connectivity index (χ4v) is 3.88. The fourth-order valence-electron chi connectivity index (χ4n) is 2.91. The molecule has 4 nitrogen and oxygen atoms in total. The van der Waals surface area contributed by atoms with Gasteiger partial charge in [0.25, 0.3) is 0 Å². The van der Waals surface area contributed by atoms with Gasteiger partial charge in [-0.3, -0.25) is 0 Å². The van der Waals surface area contributed by atoms with E-state index in [1.54, 1.807) is 12.1 Å². The van der Waals surface area contributed by atoms with Gasteiger partial charge in [0.15, 0.2) is 11.6 Å². The van der Waals surface area contributed by atoms with Gasteiger partial charge in [0, 0.05) is 6.07 Å². The molecule has 1 aliphatic carbocycles. The molecule has 0 atom stereocenters. The van der Waals surface area contributed by atoms with Crippen LogP contribution in [0.25, 0.3) is 0 Å². The molecule has 0 radical (unpaired) electrons. The molecule has 0 aromatic heterocycles. The summed E-state index contributed by atoms with van der Waals surface area (Å²) in [6.07, 6.45) is 4.10. The van der Waals surface area contributed by atoms with Crippen molar-refractivity contribution >= 4 is 10.0 Å². The van der Waals surface area contributed by atoms with Crippen LogP contribution in [0.1, 0.15) is 24.0 Å². The molecule has 7 heteroatoms. The van der Waals surface area contributed by atoms with Crippen LogP contribution in [0.15, 0.2) is 41.3 Å². The van der Waals surface area contributed by atoms with Crippen LogP contribution in [0.4, 0.5) is 8.78 Å². The predicted molar refractivity (Wildman–Crippen MR) is 97.9 cm³/mol. The Labute approximate surface area is 157 Å². The highest BCUT2D eigenvalue weighted by atomic mass is 32.2. The van der Waals surface area contributed by atoms with Crippen molar-refractivity contribution < 1.29 is 21.9 Å². The minimum atomic E-state index is -3.64. The quantitative estimate of drug-likeness (QED) is 0.797. The monoisotopic (exact) mass is 391 g/mol. The molecular formula is C20H19F2NO3S. The van der Waals surface area contributed by atoms with E-state index in [-0.39, 0.29) is 23.8 Å². The van der Waals surface area contributed by atoms with E-state index in [4.69, 9.17) is 4.74 Å². The van der Waals surface area contributed by atoms with E-state index in [9.17, 15) is 17.2 Å². The summed E-state index contributed by atoms with van der Waals surface area (Å²) in [5.41, 5.74) is 2.30. The van der Waals surface area contributed by atoms with Crippen molar-refractivity contribution in [2.24, 2.45) is 0 Å². The van der Waals surface area contributed by atoms with Crippen LogP contribution in [0.3, 0.4) is 0 Å². The lowest BCUT2D eigenvalue weighted by molar-refractivity contribution is 0.346. The third-order valence-electron chi connectivity index (χ3n) is 4.30. The van der Waals surface area contributed by atoms with Gasteiger partial charge >= 0.3 is 0 Å². The Morgan fingerprint density at radius 2 is 1.78 bits per heavy atom. The summed E-state index contributed by atoms with van der Waals surface area (Å²) in [4.78, 5) is 0.231. The van der Waals surface area contributed by atoms with Crippen molar-refractivity contribution in [3.63, 3.8) is 0 Å². The van der Waals surface area contributed by atoms with Crippen LogP contribution >= 0.6 is 0 Å². The Morgan fingerprint density at radius 1 is 1.00 bits per heavy atom. The van der Waals surface area contributed by atoms with E-state index < -0.39 is 21.7 Å². The molecule has 0 amide bonds. The van der Waals surface area contributed by atoms with Crippen molar-refractivity contribution in [1.82, 2.24) is 4.72 Å². The van der Waals surface area contributed by atoms with Crippen molar-refractivity contribution in [2.75, 3.05) is 13.2 Å². The number of hydrogen-bond donors (Lipinski definition) is 1. The number of benzene rings is 2. The van der Waals surface area contributed by atoms with Crippen LogP contribution in [0.2, 0.25) is 0 Å². The third-order valence-corrected chi connectivity index (χ3v) is 5.70. The highest BCUT2D eigenvalue weighted by Gasteiger charge is 2.16. The van der Waals surface area contributed by atoms with Gasteiger partial charge in [0.05, 0.1) is 11.4 Å². The number of hydrogen-bond acceptors (Lipinski definition) is 3. The Hall–Kier alpha value is -2.43. The summed E-state index contributed by atoms with van der Waals surface area (Å²) in [7, 11) is -3.64. The number of aryl methyl sites for hydroxylation is 2. The molecule has 27 heavy (non-hydrogen) atoms. The highest BCUT2D eigenvalue weighted by Crippen LogP contribution is 2.24. The van der Waals surface area contributed by atoms with Crippen LogP contribution in [0, 0.1) is 23.5 Å². The van der Waals surface area contributed by atoms with Crippen molar-refractivity contribution in [3.8, 4) is 17.6 Å². The van der Waals surface area contributed by atoms with Gasteiger partial charge in [-0.15, -0.1) is 0 Å². The second kappa shape index (κ2) is 8.51. The molecule has 0 saturated carbocycles. The van der Waals surface area contributed by atoms with E-state index in [1.807, 2.05) is 6.07 Å². The third kappa shape index (κ3) is 5.06. The first kappa shape index (κ1) is 19.3. The summed E-state index contributed by atoms with van der Waals surface area (Å²) in [6.45, 7) is -0.224. The lowest BCUT2D eigenvalue weighted by Crippen LogP contribution is -2.24. The zero-order valence-corrected chi connectivity index (χ0v) is 15.4. The minimum Gasteiger partial charge on any atom is -0.478 e. The van der Waals surface area contributed by atoms with Crippen molar-refractivity contribution in [3.05, 3.63) is 59.2 Å². The minimum absolute atomic E-state index is 0.0886. The van der Waals surface area contributed by atoms with E-state index >= 15 is 0 Å². The first-order valence-corrected chi connectivity index (χ1v) is 10.1. The molecule has 0 fully saturated rings. The van der Waals surface area contributed by atoms with Crippen LogP contribution < -0.4 is 9.46 Å². The number of sulfonamides is 1. The predicted octanol–water partition coefficient (Wildman–Crippen LogP) is 3.20.